The summed E-state index contributed by atoms with van der Waals surface area (Å²) in [6.45, 7) is 5.24. The summed E-state index contributed by atoms with van der Waals surface area (Å²) < 4.78 is 12.1. The van der Waals surface area contributed by atoms with Gasteiger partial charge >= 0.3 is 0 Å². The number of nitrogens with zero attached hydrogens (tertiary/aromatic N) is 2. The van der Waals surface area contributed by atoms with Crippen LogP contribution in [0.3, 0.4) is 0 Å². The summed E-state index contributed by atoms with van der Waals surface area (Å²) in [6, 6.07) is 0. The van der Waals surface area contributed by atoms with Gasteiger partial charge in [-0.25, -0.2) is 4.39 Å². The molecule has 0 amide bonds. The van der Waals surface area contributed by atoms with E-state index < -0.39 is 6.67 Å². The van der Waals surface area contributed by atoms with Crippen LogP contribution in [0.25, 0.3) is 0 Å². The third-order valence-corrected chi connectivity index (χ3v) is 3.00. The fraction of sp³-hybridized carbons (Fsp3) is 0.667. The number of aliphatic hydroxyl groups is 1. The van der Waals surface area contributed by atoms with Crippen LogP contribution in [0.1, 0.15) is 20.3 Å². The molecule has 110 valence electrons. The van der Waals surface area contributed by atoms with Crippen molar-refractivity contribution in [3.05, 3.63) is 23.3 Å². The summed E-state index contributed by atoms with van der Waals surface area (Å²) in [4.78, 5) is 6.11. The highest BCUT2D eigenvalue weighted by atomic mass is 19.1. The van der Waals surface area contributed by atoms with Crippen LogP contribution in [0, 0.1) is 5.92 Å². The van der Waals surface area contributed by atoms with Crippen molar-refractivity contribution in [2.75, 3.05) is 40.5 Å². The molecule has 19 heavy (non-hydrogen) atoms. The van der Waals surface area contributed by atoms with Gasteiger partial charge in [-0.3, -0.25) is 9.89 Å². The normalized spacial score (nSPS) is 15.5. The van der Waals surface area contributed by atoms with Crippen molar-refractivity contribution in [1.82, 2.24) is 4.90 Å². The molecule has 0 aromatic rings. The first-order chi connectivity index (χ1) is 9.04. The zero-order valence-electron chi connectivity index (χ0n) is 12.6. The number of alkyl halides is 1. The Morgan fingerprint density at radius 3 is 2.68 bits per heavy atom. The van der Waals surface area contributed by atoms with Crippen molar-refractivity contribution >= 4 is 6.21 Å². The zero-order chi connectivity index (χ0) is 14.7. The summed E-state index contributed by atoms with van der Waals surface area (Å²) in [5.41, 5.74) is 2.21. The average Bonchev–Trinajstić information content (AvgIpc) is 2.41. The molecule has 0 bridgehead atoms. The average molecular weight is 270 g/mol. The Morgan fingerprint density at radius 1 is 1.47 bits per heavy atom. The van der Waals surface area contributed by atoms with E-state index in [4.69, 9.17) is 0 Å². The minimum atomic E-state index is -0.421. The molecule has 4 heteroatoms. The first kappa shape index (κ1) is 18.0. The van der Waals surface area contributed by atoms with Crippen LogP contribution in [0.15, 0.2) is 28.3 Å². The number of likely N-dealkylation sites (N-methyl/N-ethyl adjacent to an activating group) is 1. The first-order valence-corrected chi connectivity index (χ1v) is 6.65. The molecule has 0 fully saturated rings. The van der Waals surface area contributed by atoms with E-state index in [9.17, 15) is 9.50 Å². The van der Waals surface area contributed by atoms with E-state index in [1.807, 2.05) is 26.3 Å². The van der Waals surface area contributed by atoms with Gasteiger partial charge in [0.1, 0.15) is 6.67 Å². The van der Waals surface area contributed by atoms with Gasteiger partial charge in [0.05, 0.1) is 6.61 Å². The fourth-order valence-electron chi connectivity index (χ4n) is 1.84. The van der Waals surface area contributed by atoms with Crippen LogP contribution in [-0.2, 0) is 0 Å². The quantitative estimate of drug-likeness (QED) is 0.516. The minimum Gasteiger partial charge on any atom is -0.392 e. The molecule has 0 aliphatic carbocycles. The molecule has 1 N–H and O–H groups in total. The third-order valence-electron chi connectivity index (χ3n) is 3.00. The number of hydrogen-bond donors (Lipinski definition) is 1. The van der Waals surface area contributed by atoms with Gasteiger partial charge in [-0.1, -0.05) is 24.6 Å². The number of aliphatic imine (C=N–C) groups is 1. The van der Waals surface area contributed by atoms with Gasteiger partial charge in [-0.2, -0.15) is 0 Å². The van der Waals surface area contributed by atoms with E-state index >= 15 is 0 Å². The predicted octanol–water partition coefficient (Wildman–Crippen LogP) is 2.48. The van der Waals surface area contributed by atoms with Gasteiger partial charge in [0.2, 0.25) is 0 Å². The molecule has 0 radical (unpaired) electrons. The topological polar surface area (TPSA) is 35.8 Å². The molecule has 0 aliphatic rings. The largest absolute Gasteiger partial charge is 0.392 e. The van der Waals surface area contributed by atoms with E-state index in [1.165, 1.54) is 5.57 Å². The number of aliphatic hydroxyl groups excluding tert-OH is 1. The number of hydrogen-bond acceptors (Lipinski definition) is 3. The van der Waals surface area contributed by atoms with Gasteiger partial charge in [-0.05, 0) is 31.9 Å². The summed E-state index contributed by atoms with van der Waals surface area (Å²) in [7, 11) is 3.78. The molecule has 1 unspecified atom stereocenters. The van der Waals surface area contributed by atoms with Crippen LogP contribution in [-0.4, -0.2) is 56.7 Å². The van der Waals surface area contributed by atoms with Crippen LogP contribution >= 0.6 is 0 Å². The standard InChI is InChI=1S/C15H27FN2O/c1-13(6-5-7-16)10-15(14(2)12-19)11-18(4)9-8-17-3/h5-6,8,13,19H,7,9-12H2,1-4H3/b6-5-,15-14-,17-8-. The molecular weight excluding hydrogens is 243 g/mol. The Morgan fingerprint density at radius 2 is 2.16 bits per heavy atom. The highest BCUT2D eigenvalue weighted by Crippen LogP contribution is 2.17. The lowest BCUT2D eigenvalue weighted by Crippen LogP contribution is -2.24. The summed E-state index contributed by atoms with van der Waals surface area (Å²) in [5.74, 6) is 0.278. The molecule has 0 rings (SSSR count). The minimum absolute atomic E-state index is 0.0740. The second-order valence-electron chi connectivity index (χ2n) is 4.94. The molecule has 0 spiro atoms. The van der Waals surface area contributed by atoms with Crippen molar-refractivity contribution in [1.29, 1.82) is 0 Å². The number of allylic oxidation sites excluding steroid dienone is 2. The summed E-state index contributed by atoms with van der Waals surface area (Å²) in [5, 5.41) is 9.30. The molecule has 0 saturated heterocycles. The predicted molar refractivity (Wildman–Crippen MR) is 80.6 cm³/mol. The second-order valence-corrected chi connectivity index (χ2v) is 4.94. The lowest BCUT2D eigenvalue weighted by molar-refractivity contribution is 0.325. The third kappa shape index (κ3) is 8.67. The van der Waals surface area contributed by atoms with Crippen LogP contribution < -0.4 is 0 Å². The summed E-state index contributed by atoms with van der Waals surface area (Å²) in [6.07, 6.45) is 6.14. The van der Waals surface area contributed by atoms with Crippen LogP contribution in [0.4, 0.5) is 4.39 Å². The lowest BCUT2D eigenvalue weighted by atomic mass is 9.96. The number of halogens is 1. The molecule has 0 heterocycles. The summed E-state index contributed by atoms with van der Waals surface area (Å²) >= 11 is 0. The van der Waals surface area contributed by atoms with Gasteiger partial charge in [0.15, 0.2) is 0 Å². The van der Waals surface area contributed by atoms with E-state index in [0.29, 0.717) is 0 Å². The Hall–Kier alpha value is -1.00. The van der Waals surface area contributed by atoms with Gasteiger partial charge in [0, 0.05) is 26.4 Å². The zero-order valence-corrected chi connectivity index (χ0v) is 12.6. The highest BCUT2D eigenvalue weighted by molar-refractivity contribution is 5.59. The Labute approximate surface area is 116 Å². The maximum atomic E-state index is 12.1. The fourth-order valence-corrected chi connectivity index (χ4v) is 1.84. The lowest BCUT2D eigenvalue weighted by Gasteiger charge is -2.20. The van der Waals surface area contributed by atoms with Gasteiger partial charge in [-0.15, -0.1) is 0 Å². The molecular formula is C15H27FN2O. The van der Waals surface area contributed by atoms with Crippen LogP contribution in [0.2, 0.25) is 0 Å². The maximum Gasteiger partial charge on any atom is 0.108 e. The van der Waals surface area contributed by atoms with E-state index in [0.717, 1.165) is 25.1 Å². The SMILES string of the molecule is C/N=C\CN(C)C/C(CC(C)/C=C\CF)=C(/C)CO. The second kappa shape index (κ2) is 10.9. The highest BCUT2D eigenvalue weighted by Gasteiger charge is 2.09. The van der Waals surface area contributed by atoms with Crippen molar-refractivity contribution in [3.63, 3.8) is 0 Å². The van der Waals surface area contributed by atoms with E-state index in [1.54, 1.807) is 13.1 Å². The Kier molecular flexibility index (Phi) is 10.3. The molecule has 3 nitrogen and oxygen atoms in total. The van der Waals surface area contributed by atoms with Crippen molar-refractivity contribution in [2.24, 2.45) is 10.9 Å². The van der Waals surface area contributed by atoms with Crippen molar-refractivity contribution in [3.8, 4) is 0 Å². The smallest absolute Gasteiger partial charge is 0.108 e. The number of rotatable bonds is 9. The molecule has 0 aliphatic heterocycles. The van der Waals surface area contributed by atoms with Gasteiger partial charge < -0.3 is 5.11 Å². The van der Waals surface area contributed by atoms with Crippen molar-refractivity contribution < 1.29 is 9.50 Å². The van der Waals surface area contributed by atoms with Crippen LogP contribution in [0.5, 0.6) is 0 Å². The van der Waals surface area contributed by atoms with E-state index in [-0.39, 0.29) is 12.5 Å². The molecule has 1 atom stereocenters. The molecule has 0 saturated carbocycles. The Balaban J connectivity index is 4.61. The molecule has 0 aromatic heterocycles. The molecule has 0 aromatic carbocycles. The maximum absolute atomic E-state index is 12.1. The first-order valence-electron chi connectivity index (χ1n) is 6.65. The van der Waals surface area contributed by atoms with Crippen molar-refractivity contribution in [2.45, 2.75) is 20.3 Å². The Bertz CT molecular complexity index is 324. The van der Waals surface area contributed by atoms with Gasteiger partial charge in [0.25, 0.3) is 0 Å². The monoisotopic (exact) mass is 270 g/mol. The van der Waals surface area contributed by atoms with E-state index in [2.05, 4.69) is 16.8 Å².